The van der Waals surface area contributed by atoms with Gasteiger partial charge in [-0.05, 0) is 74.5 Å². The van der Waals surface area contributed by atoms with Gasteiger partial charge < -0.3 is 10.6 Å². The first-order valence-electron chi connectivity index (χ1n) is 13.1. The molecular formula is C32H32N4O3S. The van der Waals surface area contributed by atoms with Crippen LogP contribution in [-0.2, 0) is 21.4 Å². The number of hydrogen-bond acceptors (Lipinski definition) is 5. The van der Waals surface area contributed by atoms with E-state index in [4.69, 9.17) is 0 Å². The van der Waals surface area contributed by atoms with E-state index in [0.29, 0.717) is 34.3 Å². The average Bonchev–Trinajstić information content (AvgIpc) is 3.28. The summed E-state index contributed by atoms with van der Waals surface area (Å²) in [7, 11) is -1.79. The van der Waals surface area contributed by atoms with E-state index in [1.54, 1.807) is 36.4 Å². The summed E-state index contributed by atoms with van der Waals surface area (Å²) in [6.45, 7) is 5.15. The molecule has 1 aliphatic heterocycles. The van der Waals surface area contributed by atoms with Crippen molar-refractivity contribution in [3.63, 3.8) is 0 Å². The largest absolute Gasteiger partial charge is 0.354 e. The van der Waals surface area contributed by atoms with E-state index in [-0.39, 0.29) is 10.8 Å². The molecule has 1 aliphatic rings. The van der Waals surface area contributed by atoms with Gasteiger partial charge in [0.25, 0.3) is 15.9 Å². The smallest absolute Gasteiger partial charge is 0.261 e. The number of benzene rings is 4. The normalized spacial score (nSPS) is 14.2. The molecule has 8 heteroatoms. The topological polar surface area (TPSA) is 90.5 Å². The van der Waals surface area contributed by atoms with Crippen LogP contribution < -0.4 is 15.4 Å². The molecule has 0 radical (unpaired) electrons. The number of rotatable bonds is 9. The van der Waals surface area contributed by atoms with Gasteiger partial charge in [-0.3, -0.25) is 14.4 Å². The fraction of sp³-hybridized carbons (Fsp3) is 0.156. The van der Waals surface area contributed by atoms with Crippen molar-refractivity contribution in [3.8, 4) is 0 Å². The Morgan fingerprint density at radius 3 is 2.15 bits per heavy atom. The second-order valence-electron chi connectivity index (χ2n) is 10.1. The van der Waals surface area contributed by atoms with E-state index in [9.17, 15) is 13.2 Å². The molecule has 5 rings (SSSR count). The molecule has 0 aliphatic carbocycles. The van der Waals surface area contributed by atoms with Crippen LogP contribution in [0.1, 0.15) is 30.5 Å². The summed E-state index contributed by atoms with van der Waals surface area (Å²) in [6.07, 6.45) is 0. The fourth-order valence-corrected chi connectivity index (χ4v) is 5.56. The molecule has 0 spiro atoms. The molecule has 0 saturated carbocycles. The van der Waals surface area contributed by atoms with Gasteiger partial charge >= 0.3 is 0 Å². The third-order valence-electron chi connectivity index (χ3n) is 6.92. The van der Waals surface area contributed by atoms with E-state index in [0.717, 1.165) is 17.8 Å². The third-order valence-corrected chi connectivity index (χ3v) is 8.30. The van der Waals surface area contributed by atoms with Crippen LogP contribution >= 0.6 is 0 Å². The van der Waals surface area contributed by atoms with Gasteiger partial charge in [-0.2, -0.15) is 0 Å². The second-order valence-corrected chi connectivity index (χ2v) is 11.8. The number of carbonyl (C=O) groups is 1. The zero-order valence-electron chi connectivity index (χ0n) is 22.7. The van der Waals surface area contributed by atoms with Crippen LogP contribution in [0.5, 0.6) is 0 Å². The number of nitrogens with zero attached hydrogens (tertiary/aromatic N) is 1. The third kappa shape index (κ3) is 5.93. The maximum Gasteiger partial charge on any atom is 0.261 e. The first kappa shape index (κ1) is 27.2. The summed E-state index contributed by atoms with van der Waals surface area (Å²) < 4.78 is 29.0. The van der Waals surface area contributed by atoms with Crippen molar-refractivity contribution in [2.75, 3.05) is 22.4 Å². The highest BCUT2D eigenvalue weighted by Crippen LogP contribution is 2.39. The van der Waals surface area contributed by atoms with E-state index < -0.39 is 10.0 Å². The van der Waals surface area contributed by atoms with Gasteiger partial charge in [0.05, 0.1) is 16.2 Å². The van der Waals surface area contributed by atoms with Gasteiger partial charge in [-0.25, -0.2) is 8.42 Å². The minimum atomic E-state index is -3.88. The van der Waals surface area contributed by atoms with Crippen molar-refractivity contribution < 1.29 is 13.2 Å². The van der Waals surface area contributed by atoms with E-state index in [1.165, 1.54) is 11.6 Å². The predicted molar refractivity (Wildman–Crippen MR) is 162 cm³/mol. The summed E-state index contributed by atoms with van der Waals surface area (Å²) in [5, 5.41) is 6.35. The molecule has 0 unspecified atom stereocenters. The summed E-state index contributed by atoms with van der Waals surface area (Å²) in [6, 6.07) is 31.5. The number of nitrogens with one attached hydrogen (secondary N) is 3. The zero-order valence-corrected chi connectivity index (χ0v) is 23.5. The summed E-state index contributed by atoms with van der Waals surface area (Å²) in [5.74, 6) is -0.304. The lowest BCUT2D eigenvalue weighted by atomic mass is 10.00. The Morgan fingerprint density at radius 1 is 0.850 bits per heavy atom. The highest BCUT2D eigenvalue weighted by Gasteiger charge is 2.30. The Morgan fingerprint density at radius 2 is 1.50 bits per heavy atom. The number of carbonyl (C=O) groups excluding carboxylic acids is 1. The lowest BCUT2D eigenvalue weighted by Crippen LogP contribution is -2.25. The summed E-state index contributed by atoms with van der Waals surface area (Å²) in [5.41, 5.74) is 5.31. The van der Waals surface area contributed by atoms with E-state index in [2.05, 4.69) is 53.3 Å². The maximum atomic E-state index is 13.3. The molecule has 40 heavy (non-hydrogen) atoms. The van der Waals surface area contributed by atoms with Crippen molar-refractivity contribution in [3.05, 3.63) is 120 Å². The van der Waals surface area contributed by atoms with E-state index >= 15 is 0 Å². The van der Waals surface area contributed by atoms with Gasteiger partial charge in [0, 0.05) is 35.2 Å². The number of fused-ring (bicyclic) bond motifs is 1. The van der Waals surface area contributed by atoms with Gasteiger partial charge in [-0.1, -0.05) is 60.7 Å². The summed E-state index contributed by atoms with van der Waals surface area (Å²) >= 11 is 0. The van der Waals surface area contributed by atoms with Crippen molar-refractivity contribution in [2.45, 2.75) is 31.3 Å². The lowest BCUT2D eigenvalue weighted by molar-refractivity contribution is -0.110. The minimum absolute atomic E-state index is 0.0649. The molecule has 1 heterocycles. The highest BCUT2D eigenvalue weighted by molar-refractivity contribution is 7.92. The number of anilines is 3. The van der Waals surface area contributed by atoms with Crippen LogP contribution in [0.3, 0.4) is 0 Å². The Hall–Kier alpha value is -4.40. The molecule has 4 aromatic carbocycles. The highest BCUT2D eigenvalue weighted by atomic mass is 32.2. The van der Waals surface area contributed by atoms with Crippen LogP contribution in [0, 0.1) is 0 Å². The van der Waals surface area contributed by atoms with Crippen molar-refractivity contribution >= 4 is 44.3 Å². The Labute approximate surface area is 235 Å². The quantitative estimate of drug-likeness (QED) is 0.213. The van der Waals surface area contributed by atoms with Crippen molar-refractivity contribution in [1.82, 2.24) is 4.90 Å². The van der Waals surface area contributed by atoms with Crippen molar-refractivity contribution in [2.24, 2.45) is 0 Å². The van der Waals surface area contributed by atoms with Crippen LogP contribution in [-0.4, -0.2) is 32.3 Å². The predicted octanol–water partition coefficient (Wildman–Crippen LogP) is 6.26. The Bertz CT molecular complexity index is 1650. The second kappa shape index (κ2) is 11.4. The number of sulfonamides is 1. The molecule has 3 N–H and O–H groups in total. The molecule has 0 saturated heterocycles. The molecule has 4 aromatic rings. The average molecular weight is 553 g/mol. The van der Waals surface area contributed by atoms with E-state index in [1.807, 2.05) is 48.5 Å². The van der Waals surface area contributed by atoms with Gasteiger partial charge in [0.15, 0.2) is 0 Å². The zero-order chi connectivity index (χ0) is 28.3. The number of amides is 1. The molecule has 1 amide bonds. The van der Waals surface area contributed by atoms with Gasteiger partial charge in [0.1, 0.15) is 0 Å². The monoisotopic (exact) mass is 552 g/mol. The molecule has 0 fully saturated rings. The lowest BCUT2D eigenvalue weighted by Gasteiger charge is -2.21. The SMILES string of the molecule is CC(C)N(C)Cc1ccc(N/C(=C2\C(=O)Nc3ccc(S(=O)(=O)Nc4ccccc4)cc32)c2ccccc2)cc1. The number of para-hydroxylation sites is 1. The first-order valence-corrected chi connectivity index (χ1v) is 14.6. The van der Waals surface area contributed by atoms with Gasteiger partial charge in [0.2, 0.25) is 0 Å². The van der Waals surface area contributed by atoms with Gasteiger partial charge in [-0.15, -0.1) is 0 Å². The molecule has 204 valence electrons. The Kier molecular flexibility index (Phi) is 7.73. The Balaban J connectivity index is 1.54. The molecule has 0 atom stereocenters. The molecular weight excluding hydrogens is 520 g/mol. The maximum absolute atomic E-state index is 13.3. The first-order chi connectivity index (χ1) is 19.2. The van der Waals surface area contributed by atoms with Crippen molar-refractivity contribution in [1.29, 1.82) is 0 Å². The number of hydrogen-bond donors (Lipinski definition) is 3. The minimum Gasteiger partial charge on any atom is -0.354 e. The van der Waals surface area contributed by atoms with Crippen LogP contribution in [0.25, 0.3) is 11.3 Å². The van der Waals surface area contributed by atoms with Crippen LogP contribution in [0.2, 0.25) is 0 Å². The molecule has 7 nitrogen and oxygen atoms in total. The van der Waals surface area contributed by atoms with Crippen LogP contribution in [0.4, 0.5) is 17.1 Å². The summed E-state index contributed by atoms with van der Waals surface area (Å²) in [4.78, 5) is 15.7. The standard InChI is InChI=1S/C32H32N4O3S/c1-22(2)36(3)21-23-14-16-25(17-15-23)33-31(24-10-6-4-7-11-24)30-28-20-27(18-19-29(28)34-32(30)37)40(38,39)35-26-12-8-5-9-13-26/h4-20,22,33,35H,21H2,1-3H3,(H,34,37)/b31-30-. The van der Waals surface area contributed by atoms with Crippen LogP contribution in [0.15, 0.2) is 108 Å². The molecule has 0 bridgehead atoms. The fourth-order valence-electron chi connectivity index (χ4n) is 4.47. The molecule has 0 aromatic heterocycles.